The molecule has 2 aliphatic rings. The normalized spacial score (nSPS) is 26.8. The Balaban J connectivity index is 1.60. The summed E-state index contributed by atoms with van der Waals surface area (Å²) in [6, 6.07) is 0.547. The minimum Gasteiger partial charge on any atom is -0.339 e. The molecule has 82 valence electrons. The van der Waals surface area contributed by atoms with E-state index >= 15 is 0 Å². The van der Waals surface area contributed by atoms with Gasteiger partial charge < -0.3 is 9.84 Å². The summed E-state index contributed by atoms with van der Waals surface area (Å²) in [6.45, 7) is 1.13. The molecule has 1 aromatic heterocycles. The number of aromatic nitrogens is 2. The van der Waals surface area contributed by atoms with E-state index in [0.29, 0.717) is 12.0 Å². The van der Waals surface area contributed by atoms with Gasteiger partial charge in [-0.05, 0) is 32.2 Å². The average Bonchev–Trinajstić information content (AvgIpc) is 3.02. The third kappa shape index (κ3) is 2.20. The molecular formula is C11H17N3O. The van der Waals surface area contributed by atoms with Crippen LogP contribution < -0.4 is 5.32 Å². The van der Waals surface area contributed by atoms with Gasteiger partial charge in [0.2, 0.25) is 5.89 Å². The third-order valence-corrected chi connectivity index (χ3v) is 3.26. The van der Waals surface area contributed by atoms with E-state index in [0.717, 1.165) is 24.7 Å². The summed E-state index contributed by atoms with van der Waals surface area (Å²) in [5.74, 6) is 2.35. The summed E-state index contributed by atoms with van der Waals surface area (Å²) in [4.78, 5) is 4.45. The summed E-state index contributed by atoms with van der Waals surface area (Å²) in [6.07, 6.45) is 7.23. The van der Waals surface area contributed by atoms with Crippen molar-refractivity contribution in [3.63, 3.8) is 0 Å². The Labute approximate surface area is 89.4 Å². The van der Waals surface area contributed by atoms with E-state index < -0.39 is 0 Å². The van der Waals surface area contributed by atoms with Crippen LogP contribution in [0.15, 0.2) is 4.52 Å². The summed E-state index contributed by atoms with van der Waals surface area (Å²) in [7, 11) is 0. The molecule has 0 radical (unpaired) electrons. The molecule has 1 aromatic rings. The average molecular weight is 207 g/mol. The number of nitrogens with one attached hydrogen (secondary N) is 1. The summed E-state index contributed by atoms with van der Waals surface area (Å²) < 4.78 is 5.27. The second-order valence-corrected chi connectivity index (χ2v) is 4.67. The van der Waals surface area contributed by atoms with Crippen LogP contribution in [0.25, 0.3) is 0 Å². The molecule has 0 aromatic carbocycles. The first-order chi connectivity index (χ1) is 7.42. The van der Waals surface area contributed by atoms with Crippen molar-refractivity contribution in [3.05, 3.63) is 11.7 Å². The van der Waals surface area contributed by atoms with Crippen LogP contribution in [0.1, 0.15) is 49.7 Å². The van der Waals surface area contributed by atoms with E-state index in [4.69, 9.17) is 4.52 Å². The van der Waals surface area contributed by atoms with Gasteiger partial charge in [-0.1, -0.05) is 11.6 Å². The quantitative estimate of drug-likeness (QED) is 0.818. The van der Waals surface area contributed by atoms with Crippen molar-refractivity contribution in [2.24, 2.45) is 0 Å². The lowest BCUT2D eigenvalue weighted by Gasteiger charge is -2.21. The van der Waals surface area contributed by atoms with Gasteiger partial charge in [-0.3, -0.25) is 0 Å². The van der Waals surface area contributed by atoms with Crippen molar-refractivity contribution < 1.29 is 4.52 Å². The zero-order valence-electron chi connectivity index (χ0n) is 8.91. The van der Waals surface area contributed by atoms with Gasteiger partial charge in [0.15, 0.2) is 5.82 Å². The fourth-order valence-electron chi connectivity index (χ4n) is 2.17. The van der Waals surface area contributed by atoms with Gasteiger partial charge in [-0.15, -0.1) is 0 Å². The highest BCUT2D eigenvalue weighted by molar-refractivity contribution is 5.03. The first kappa shape index (κ1) is 9.33. The lowest BCUT2D eigenvalue weighted by atomic mass is 10.0. The van der Waals surface area contributed by atoms with E-state index in [1.807, 2.05) is 0 Å². The van der Waals surface area contributed by atoms with Gasteiger partial charge in [0.25, 0.3) is 0 Å². The van der Waals surface area contributed by atoms with Gasteiger partial charge in [-0.2, -0.15) is 4.98 Å². The molecule has 1 N–H and O–H groups in total. The van der Waals surface area contributed by atoms with E-state index in [2.05, 4.69) is 15.5 Å². The fourth-order valence-corrected chi connectivity index (χ4v) is 2.17. The first-order valence-electron chi connectivity index (χ1n) is 5.97. The second-order valence-electron chi connectivity index (χ2n) is 4.67. The van der Waals surface area contributed by atoms with Gasteiger partial charge >= 0.3 is 0 Å². The van der Waals surface area contributed by atoms with Gasteiger partial charge in [-0.25, -0.2) is 0 Å². The zero-order valence-corrected chi connectivity index (χ0v) is 8.91. The topological polar surface area (TPSA) is 51.0 Å². The van der Waals surface area contributed by atoms with Crippen molar-refractivity contribution in [1.82, 2.24) is 15.5 Å². The summed E-state index contributed by atoms with van der Waals surface area (Å²) >= 11 is 0. The molecule has 1 saturated heterocycles. The minimum absolute atomic E-state index is 0.547. The van der Waals surface area contributed by atoms with Crippen LogP contribution in [-0.2, 0) is 6.42 Å². The molecule has 1 aliphatic carbocycles. The van der Waals surface area contributed by atoms with Crippen molar-refractivity contribution in [3.8, 4) is 0 Å². The zero-order chi connectivity index (χ0) is 10.1. The van der Waals surface area contributed by atoms with Crippen molar-refractivity contribution in [1.29, 1.82) is 0 Å². The Morgan fingerprint density at radius 1 is 1.27 bits per heavy atom. The molecule has 0 amide bonds. The number of hydrogen-bond donors (Lipinski definition) is 1. The Kier molecular flexibility index (Phi) is 2.44. The second kappa shape index (κ2) is 3.93. The summed E-state index contributed by atoms with van der Waals surface area (Å²) in [5, 5.41) is 7.52. The highest BCUT2D eigenvalue weighted by Crippen LogP contribution is 2.38. The molecular weight excluding hydrogens is 190 g/mol. The smallest absolute Gasteiger partial charge is 0.228 e. The van der Waals surface area contributed by atoms with Crippen LogP contribution in [0.5, 0.6) is 0 Å². The van der Waals surface area contributed by atoms with Gasteiger partial charge in [0.1, 0.15) is 0 Å². The monoisotopic (exact) mass is 207 g/mol. The van der Waals surface area contributed by atoms with Crippen LogP contribution in [0.3, 0.4) is 0 Å². The predicted molar refractivity (Wildman–Crippen MR) is 55.6 cm³/mol. The molecule has 4 nitrogen and oxygen atoms in total. The van der Waals surface area contributed by atoms with Crippen LogP contribution in [0.4, 0.5) is 0 Å². The van der Waals surface area contributed by atoms with Crippen LogP contribution in [0, 0.1) is 0 Å². The molecule has 3 rings (SSSR count). The van der Waals surface area contributed by atoms with Gasteiger partial charge in [0.05, 0.1) is 0 Å². The van der Waals surface area contributed by atoms with Crippen molar-refractivity contribution >= 4 is 0 Å². The lowest BCUT2D eigenvalue weighted by Crippen LogP contribution is -2.35. The largest absolute Gasteiger partial charge is 0.339 e. The van der Waals surface area contributed by atoms with Crippen molar-refractivity contribution in [2.45, 2.75) is 50.5 Å². The molecule has 1 saturated carbocycles. The van der Waals surface area contributed by atoms with Crippen LogP contribution in [-0.4, -0.2) is 22.7 Å². The molecule has 1 atom stereocenters. The van der Waals surface area contributed by atoms with Crippen LogP contribution in [0.2, 0.25) is 0 Å². The minimum atomic E-state index is 0.547. The maximum atomic E-state index is 5.27. The molecule has 1 aliphatic heterocycles. The van der Waals surface area contributed by atoms with E-state index in [9.17, 15) is 0 Å². The van der Waals surface area contributed by atoms with Crippen molar-refractivity contribution in [2.75, 3.05) is 6.54 Å². The number of rotatable bonds is 3. The Hall–Kier alpha value is -0.900. The van der Waals surface area contributed by atoms with E-state index in [1.165, 1.54) is 32.1 Å². The molecule has 2 fully saturated rings. The van der Waals surface area contributed by atoms with E-state index in [-0.39, 0.29) is 0 Å². The molecule has 2 heterocycles. The molecule has 1 unspecified atom stereocenters. The predicted octanol–water partition coefficient (Wildman–Crippen LogP) is 1.63. The fraction of sp³-hybridized carbons (Fsp3) is 0.818. The highest BCUT2D eigenvalue weighted by atomic mass is 16.5. The molecule has 0 bridgehead atoms. The maximum Gasteiger partial charge on any atom is 0.228 e. The summed E-state index contributed by atoms with van der Waals surface area (Å²) in [5.41, 5.74) is 0. The highest BCUT2D eigenvalue weighted by Gasteiger charge is 2.29. The Bertz CT molecular complexity index is 326. The number of nitrogens with zero attached hydrogens (tertiary/aromatic N) is 2. The number of hydrogen-bond acceptors (Lipinski definition) is 4. The Morgan fingerprint density at radius 3 is 2.93 bits per heavy atom. The number of piperidine rings is 1. The molecule has 15 heavy (non-hydrogen) atoms. The van der Waals surface area contributed by atoms with E-state index in [1.54, 1.807) is 0 Å². The maximum absolute atomic E-state index is 5.27. The molecule has 4 heteroatoms. The molecule has 0 spiro atoms. The van der Waals surface area contributed by atoms with Gasteiger partial charge in [0, 0.05) is 18.4 Å². The SMILES string of the molecule is C1CCC(Cc2nc(C3CC3)no2)NC1. The lowest BCUT2D eigenvalue weighted by molar-refractivity contribution is 0.329. The standard InChI is InChI=1S/C11H17N3O/c1-2-6-12-9(3-1)7-10-13-11(14-15-10)8-4-5-8/h8-9,12H,1-7H2. The Morgan fingerprint density at radius 2 is 2.20 bits per heavy atom. The first-order valence-corrected chi connectivity index (χ1v) is 5.97. The van der Waals surface area contributed by atoms with Crippen LogP contribution >= 0.6 is 0 Å². The third-order valence-electron chi connectivity index (χ3n) is 3.26.